The van der Waals surface area contributed by atoms with Crippen molar-refractivity contribution in [3.63, 3.8) is 0 Å². The molecule has 1 aliphatic rings. The summed E-state index contributed by atoms with van der Waals surface area (Å²) in [6.07, 6.45) is 0. The minimum absolute atomic E-state index is 0.0150. The summed E-state index contributed by atoms with van der Waals surface area (Å²) < 4.78 is 10.6. The predicted octanol–water partition coefficient (Wildman–Crippen LogP) is 1.83. The maximum atomic E-state index is 11.0. The second-order valence-corrected chi connectivity index (χ2v) is 4.86. The Morgan fingerprint density at radius 2 is 2.06 bits per heavy atom. The third kappa shape index (κ3) is 2.52. The van der Waals surface area contributed by atoms with E-state index in [1.807, 2.05) is 18.2 Å². The molecule has 1 aromatic rings. The first kappa shape index (κ1) is 11.8. The van der Waals surface area contributed by atoms with Gasteiger partial charge in [0.1, 0.15) is 0 Å². The molecule has 17 heavy (non-hydrogen) atoms. The van der Waals surface area contributed by atoms with Crippen LogP contribution in [0.4, 0.5) is 0 Å². The molecule has 1 N–H and O–H groups in total. The van der Waals surface area contributed by atoms with E-state index in [-0.39, 0.29) is 18.1 Å². The van der Waals surface area contributed by atoms with Gasteiger partial charge in [-0.3, -0.25) is 4.79 Å². The molecule has 1 aliphatic heterocycles. The van der Waals surface area contributed by atoms with E-state index in [1.165, 1.54) is 6.92 Å². The van der Waals surface area contributed by atoms with Crippen molar-refractivity contribution in [2.45, 2.75) is 26.2 Å². The Morgan fingerprint density at radius 1 is 1.35 bits per heavy atom. The van der Waals surface area contributed by atoms with Gasteiger partial charge in [-0.25, -0.2) is 0 Å². The smallest absolute Gasteiger partial charge is 0.231 e. The van der Waals surface area contributed by atoms with Crippen LogP contribution in [-0.4, -0.2) is 19.2 Å². The molecule has 92 valence electrons. The summed E-state index contributed by atoms with van der Waals surface area (Å²) in [4.78, 5) is 11.0. The van der Waals surface area contributed by atoms with Crippen LogP contribution >= 0.6 is 0 Å². The molecule has 4 nitrogen and oxygen atoms in total. The number of hydrogen-bond acceptors (Lipinski definition) is 3. The number of hydrogen-bond donors (Lipinski definition) is 1. The zero-order valence-corrected chi connectivity index (χ0v) is 10.4. The molecule has 1 aromatic carbocycles. The van der Waals surface area contributed by atoms with Crippen molar-refractivity contribution in [2.24, 2.45) is 0 Å². The van der Waals surface area contributed by atoms with Crippen LogP contribution < -0.4 is 14.8 Å². The summed E-state index contributed by atoms with van der Waals surface area (Å²) in [6, 6.07) is 5.90. The van der Waals surface area contributed by atoms with Gasteiger partial charge in [-0.1, -0.05) is 19.9 Å². The predicted molar refractivity (Wildman–Crippen MR) is 64.3 cm³/mol. The first-order chi connectivity index (χ1) is 7.99. The zero-order chi connectivity index (χ0) is 12.5. The van der Waals surface area contributed by atoms with Gasteiger partial charge in [0.2, 0.25) is 12.7 Å². The SMILES string of the molecule is CC(=O)NCC(C)(C)c1ccc2c(c1)OCO2. The number of amides is 1. The molecule has 0 bridgehead atoms. The van der Waals surface area contributed by atoms with Crippen LogP contribution in [-0.2, 0) is 10.2 Å². The maximum Gasteiger partial charge on any atom is 0.231 e. The molecule has 1 amide bonds. The van der Waals surface area contributed by atoms with Crippen molar-refractivity contribution in [3.05, 3.63) is 23.8 Å². The van der Waals surface area contributed by atoms with Gasteiger partial charge in [-0.15, -0.1) is 0 Å². The third-order valence-corrected chi connectivity index (χ3v) is 2.93. The van der Waals surface area contributed by atoms with E-state index in [1.54, 1.807) is 0 Å². The van der Waals surface area contributed by atoms with Gasteiger partial charge >= 0.3 is 0 Å². The molecule has 4 heteroatoms. The maximum absolute atomic E-state index is 11.0. The minimum Gasteiger partial charge on any atom is -0.454 e. The molecule has 0 atom stereocenters. The monoisotopic (exact) mass is 235 g/mol. The van der Waals surface area contributed by atoms with E-state index in [0.717, 1.165) is 17.1 Å². The summed E-state index contributed by atoms with van der Waals surface area (Å²) >= 11 is 0. The Morgan fingerprint density at radius 3 is 2.76 bits per heavy atom. The van der Waals surface area contributed by atoms with Crippen molar-refractivity contribution in [1.29, 1.82) is 0 Å². The number of carbonyl (C=O) groups is 1. The Bertz CT molecular complexity index is 440. The van der Waals surface area contributed by atoms with Gasteiger partial charge in [0.25, 0.3) is 0 Å². The van der Waals surface area contributed by atoms with E-state index in [4.69, 9.17) is 9.47 Å². The summed E-state index contributed by atoms with van der Waals surface area (Å²) in [5, 5.41) is 2.84. The lowest BCUT2D eigenvalue weighted by Crippen LogP contribution is -2.35. The second kappa shape index (κ2) is 4.28. The number of ether oxygens (including phenoxy) is 2. The number of carbonyl (C=O) groups excluding carboxylic acids is 1. The van der Waals surface area contributed by atoms with Crippen molar-refractivity contribution in [1.82, 2.24) is 5.32 Å². The van der Waals surface area contributed by atoms with Crippen LogP contribution in [0.15, 0.2) is 18.2 Å². The van der Waals surface area contributed by atoms with Crippen molar-refractivity contribution < 1.29 is 14.3 Å². The highest BCUT2D eigenvalue weighted by molar-refractivity contribution is 5.73. The Balaban J connectivity index is 2.18. The summed E-state index contributed by atoms with van der Waals surface area (Å²) in [5.74, 6) is 1.54. The topological polar surface area (TPSA) is 47.6 Å². The Kier molecular flexibility index (Phi) is 2.96. The molecule has 0 radical (unpaired) electrons. The average Bonchev–Trinajstić information content (AvgIpc) is 2.73. The molecule has 0 aromatic heterocycles. The number of rotatable bonds is 3. The van der Waals surface area contributed by atoms with Crippen LogP contribution in [0.2, 0.25) is 0 Å². The van der Waals surface area contributed by atoms with Crippen LogP contribution in [0.1, 0.15) is 26.3 Å². The molecular weight excluding hydrogens is 218 g/mol. The van der Waals surface area contributed by atoms with Crippen molar-refractivity contribution in [2.75, 3.05) is 13.3 Å². The molecule has 0 fully saturated rings. The first-order valence-electron chi connectivity index (χ1n) is 5.63. The van der Waals surface area contributed by atoms with Gasteiger partial charge in [0, 0.05) is 18.9 Å². The van der Waals surface area contributed by atoms with E-state index < -0.39 is 0 Å². The highest BCUT2D eigenvalue weighted by Gasteiger charge is 2.24. The number of benzene rings is 1. The molecule has 0 aliphatic carbocycles. The fourth-order valence-electron chi connectivity index (χ4n) is 1.77. The van der Waals surface area contributed by atoms with Gasteiger partial charge in [0.15, 0.2) is 11.5 Å². The number of nitrogens with one attached hydrogen (secondary N) is 1. The quantitative estimate of drug-likeness (QED) is 0.869. The fraction of sp³-hybridized carbons (Fsp3) is 0.462. The lowest BCUT2D eigenvalue weighted by molar-refractivity contribution is -0.119. The molecule has 2 rings (SSSR count). The van der Waals surface area contributed by atoms with Crippen LogP contribution in [0, 0.1) is 0 Å². The van der Waals surface area contributed by atoms with Gasteiger partial charge < -0.3 is 14.8 Å². The molecule has 0 saturated heterocycles. The average molecular weight is 235 g/mol. The van der Waals surface area contributed by atoms with Crippen LogP contribution in [0.25, 0.3) is 0 Å². The lowest BCUT2D eigenvalue weighted by atomic mass is 9.84. The molecule has 0 saturated carbocycles. The number of fused-ring (bicyclic) bond motifs is 1. The van der Waals surface area contributed by atoms with E-state index >= 15 is 0 Å². The molecule has 0 unspecified atom stereocenters. The highest BCUT2D eigenvalue weighted by Crippen LogP contribution is 2.36. The molecular formula is C13H17NO3. The van der Waals surface area contributed by atoms with Crippen molar-refractivity contribution in [3.8, 4) is 11.5 Å². The van der Waals surface area contributed by atoms with Gasteiger partial charge in [-0.2, -0.15) is 0 Å². The standard InChI is InChI=1S/C13H17NO3/c1-9(15)14-7-13(2,3)10-4-5-11-12(6-10)17-8-16-11/h4-6H,7-8H2,1-3H3,(H,14,15). The van der Waals surface area contributed by atoms with E-state index in [0.29, 0.717) is 6.54 Å². The fourth-order valence-corrected chi connectivity index (χ4v) is 1.77. The Labute approximate surface area is 101 Å². The van der Waals surface area contributed by atoms with Crippen LogP contribution in [0.3, 0.4) is 0 Å². The first-order valence-corrected chi connectivity index (χ1v) is 5.63. The summed E-state index contributed by atoms with van der Waals surface area (Å²) in [7, 11) is 0. The highest BCUT2D eigenvalue weighted by atomic mass is 16.7. The third-order valence-electron chi connectivity index (χ3n) is 2.93. The van der Waals surface area contributed by atoms with Gasteiger partial charge in [-0.05, 0) is 17.7 Å². The van der Waals surface area contributed by atoms with Gasteiger partial charge in [0.05, 0.1) is 0 Å². The normalized spacial score (nSPS) is 13.6. The second-order valence-electron chi connectivity index (χ2n) is 4.86. The van der Waals surface area contributed by atoms with E-state index in [9.17, 15) is 4.79 Å². The Hall–Kier alpha value is -1.71. The van der Waals surface area contributed by atoms with Crippen LogP contribution in [0.5, 0.6) is 11.5 Å². The molecule has 0 spiro atoms. The summed E-state index contributed by atoms with van der Waals surface area (Å²) in [5.41, 5.74) is 0.989. The van der Waals surface area contributed by atoms with Crippen molar-refractivity contribution >= 4 is 5.91 Å². The molecule has 1 heterocycles. The summed E-state index contributed by atoms with van der Waals surface area (Å²) in [6.45, 7) is 6.57. The van der Waals surface area contributed by atoms with E-state index in [2.05, 4.69) is 19.2 Å². The lowest BCUT2D eigenvalue weighted by Gasteiger charge is -2.25. The minimum atomic E-state index is -0.132. The largest absolute Gasteiger partial charge is 0.454 e. The zero-order valence-electron chi connectivity index (χ0n) is 10.4.